The van der Waals surface area contributed by atoms with Crippen molar-refractivity contribution in [3.8, 4) is 0 Å². The summed E-state index contributed by atoms with van der Waals surface area (Å²) in [5.41, 5.74) is 0.102. The number of hydrogen-bond donors (Lipinski definition) is 0. The van der Waals surface area contributed by atoms with Crippen LogP contribution in [-0.2, 0) is 0 Å². The lowest BCUT2D eigenvalue weighted by Crippen LogP contribution is -2.40. The fourth-order valence-electron chi connectivity index (χ4n) is 1.95. The van der Waals surface area contributed by atoms with Gasteiger partial charge in [0.15, 0.2) is 0 Å². The standard InChI is InChI=1S/C12H12BrClFNO/c13-10-5-1-4-9(11(10)15)12(17)16-6-2-3-8(14)7-16/h1,4-5,8H,2-3,6-7H2. The molecule has 1 amide bonds. The predicted molar refractivity (Wildman–Crippen MR) is 68.9 cm³/mol. The predicted octanol–water partition coefficient (Wildman–Crippen LogP) is 3.43. The number of carbonyl (C=O) groups is 1. The first-order valence-electron chi connectivity index (χ1n) is 5.47. The summed E-state index contributed by atoms with van der Waals surface area (Å²) in [5, 5.41) is -0.0251. The van der Waals surface area contributed by atoms with Crippen LogP contribution in [0, 0.1) is 5.82 Å². The Balaban J connectivity index is 2.22. The van der Waals surface area contributed by atoms with E-state index in [9.17, 15) is 9.18 Å². The van der Waals surface area contributed by atoms with Gasteiger partial charge in [-0.25, -0.2) is 4.39 Å². The van der Waals surface area contributed by atoms with Gasteiger partial charge in [0.05, 0.1) is 15.4 Å². The number of hydrogen-bond acceptors (Lipinski definition) is 1. The Morgan fingerprint density at radius 3 is 3.00 bits per heavy atom. The van der Waals surface area contributed by atoms with E-state index in [0.717, 1.165) is 12.8 Å². The van der Waals surface area contributed by atoms with Crippen LogP contribution in [0.15, 0.2) is 22.7 Å². The summed E-state index contributed by atoms with van der Waals surface area (Å²) in [6, 6.07) is 4.73. The molecular formula is C12H12BrClFNO. The van der Waals surface area contributed by atoms with Crippen molar-refractivity contribution in [2.24, 2.45) is 0 Å². The van der Waals surface area contributed by atoms with E-state index in [1.807, 2.05) is 0 Å². The maximum atomic E-state index is 13.8. The highest BCUT2D eigenvalue weighted by atomic mass is 79.9. The molecule has 1 saturated heterocycles. The van der Waals surface area contributed by atoms with E-state index in [4.69, 9.17) is 11.6 Å². The van der Waals surface area contributed by atoms with Crippen molar-refractivity contribution in [1.82, 2.24) is 4.90 Å². The second kappa shape index (κ2) is 5.36. The fraction of sp³-hybridized carbons (Fsp3) is 0.417. The lowest BCUT2D eigenvalue weighted by molar-refractivity contribution is 0.0722. The molecule has 1 atom stereocenters. The minimum atomic E-state index is -0.505. The molecule has 0 N–H and O–H groups in total. The SMILES string of the molecule is O=C(c1cccc(Br)c1F)N1CCCC(Cl)C1. The number of rotatable bonds is 1. The summed E-state index contributed by atoms with van der Waals surface area (Å²) in [5.74, 6) is -0.789. The second-order valence-corrected chi connectivity index (χ2v) is 5.56. The summed E-state index contributed by atoms with van der Waals surface area (Å²) in [6.07, 6.45) is 1.78. The van der Waals surface area contributed by atoms with Crippen molar-refractivity contribution in [3.05, 3.63) is 34.1 Å². The van der Waals surface area contributed by atoms with Gasteiger partial charge in [0.25, 0.3) is 5.91 Å². The number of carbonyl (C=O) groups excluding carboxylic acids is 1. The molecule has 0 aromatic heterocycles. The van der Waals surface area contributed by atoms with Crippen LogP contribution in [-0.4, -0.2) is 29.3 Å². The normalized spacial score (nSPS) is 20.4. The zero-order chi connectivity index (χ0) is 12.4. The lowest BCUT2D eigenvalue weighted by Gasteiger charge is -2.30. The van der Waals surface area contributed by atoms with Crippen LogP contribution in [0.25, 0.3) is 0 Å². The number of halogens is 3. The van der Waals surface area contributed by atoms with E-state index in [1.54, 1.807) is 17.0 Å². The largest absolute Gasteiger partial charge is 0.337 e. The van der Waals surface area contributed by atoms with Gasteiger partial charge in [-0.2, -0.15) is 0 Å². The van der Waals surface area contributed by atoms with Gasteiger partial charge in [0.2, 0.25) is 0 Å². The first-order valence-corrected chi connectivity index (χ1v) is 6.70. The molecular weight excluding hydrogens is 308 g/mol. The number of likely N-dealkylation sites (tertiary alicyclic amines) is 1. The first-order chi connectivity index (χ1) is 8.09. The van der Waals surface area contributed by atoms with Crippen LogP contribution in [0.4, 0.5) is 4.39 Å². The first kappa shape index (κ1) is 12.8. The Hall–Kier alpha value is -0.610. The van der Waals surface area contributed by atoms with Crippen LogP contribution >= 0.6 is 27.5 Å². The van der Waals surface area contributed by atoms with E-state index in [1.165, 1.54) is 6.07 Å². The highest BCUT2D eigenvalue weighted by molar-refractivity contribution is 9.10. The van der Waals surface area contributed by atoms with Crippen LogP contribution in [0.2, 0.25) is 0 Å². The van der Waals surface area contributed by atoms with Gasteiger partial charge in [-0.05, 0) is 40.9 Å². The minimum absolute atomic E-state index is 0.0251. The maximum Gasteiger partial charge on any atom is 0.256 e. The highest BCUT2D eigenvalue weighted by Gasteiger charge is 2.25. The summed E-state index contributed by atoms with van der Waals surface area (Å²) >= 11 is 9.10. The highest BCUT2D eigenvalue weighted by Crippen LogP contribution is 2.22. The van der Waals surface area contributed by atoms with E-state index in [0.29, 0.717) is 17.6 Å². The molecule has 1 aromatic carbocycles. The fourth-order valence-corrected chi connectivity index (χ4v) is 2.64. The van der Waals surface area contributed by atoms with Crippen LogP contribution in [0.1, 0.15) is 23.2 Å². The van der Waals surface area contributed by atoms with E-state index < -0.39 is 5.82 Å². The number of nitrogens with zero attached hydrogens (tertiary/aromatic N) is 1. The molecule has 0 radical (unpaired) electrons. The number of piperidine rings is 1. The summed E-state index contributed by atoms with van der Waals surface area (Å²) < 4.78 is 14.1. The third kappa shape index (κ3) is 2.80. The molecule has 0 aliphatic carbocycles. The molecule has 0 saturated carbocycles. The molecule has 1 aromatic rings. The van der Waals surface area contributed by atoms with Crippen molar-refractivity contribution in [2.45, 2.75) is 18.2 Å². The molecule has 92 valence electrons. The summed E-state index contributed by atoms with van der Waals surface area (Å²) in [4.78, 5) is 13.7. The van der Waals surface area contributed by atoms with Gasteiger partial charge in [-0.15, -0.1) is 11.6 Å². The van der Waals surface area contributed by atoms with Crippen molar-refractivity contribution >= 4 is 33.4 Å². The topological polar surface area (TPSA) is 20.3 Å². The van der Waals surface area contributed by atoms with E-state index in [2.05, 4.69) is 15.9 Å². The molecule has 1 fully saturated rings. The van der Waals surface area contributed by atoms with E-state index in [-0.39, 0.29) is 16.8 Å². The van der Waals surface area contributed by atoms with Gasteiger partial charge >= 0.3 is 0 Å². The van der Waals surface area contributed by atoms with Crippen LogP contribution in [0.5, 0.6) is 0 Å². The summed E-state index contributed by atoms with van der Waals surface area (Å²) in [6.45, 7) is 1.14. The molecule has 1 aliphatic rings. The van der Waals surface area contributed by atoms with E-state index >= 15 is 0 Å². The Kier molecular flexibility index (Phi) is 4.05. The molecule has 0 spiro atoms. The Morgan fingerprint density at radius 1 is 1.53 bits per heavy atom. The zero-order valence-corrected chi connectivity index (χ0v) is 11.5. The maximum absolute atomic E-state index is 13.8. The number of alkyl halides is 1. The average Bonchev–Trinajstić information content (AvgIpc) is 2.32. The van der Waals surface area contributed by atoms with Crippen molar-refractivity contribution in [2.75, 3.05) is 13.1 Å². The third-order valence-corrected chi connectivity index (χ3v) is 3.80. The second-order valence-electron chi connectivity index (χ2n) is 4.09. The lowest BCUT2D eigenvalue weighted by atomic mass is 10.1. The molecule has 0 bridgehead atoms. The van der Waals surface area contributed by atoms with Crippen molar-refractivity contribution in [3.63, 3.8) is 0 Å². The quantitative estimate of drug-likeness (QED) is 0.726. The minimum Gasteiger partial charge on any atom is -0.337 e. The Bertz CT molecular complexity index is 441. The smallest absolute Gasteiger partial charge is 0.256 e. The molecule has 2 rings (SSSR count). The van der Waals surface area contributed by atoms with Crippen LogP contribution < -0.4 is 0 Å². The Morgan fingerprint density at radius 2 is 2.29 bits per heavy atom. The summed E-state index contributed by atoms with van der Waals surface area (Å²) in [7, 11) is 0. The van der Waals surface area contributed by atoms with Gasteiger partial charge in [-0.3, -0.25) is 4.79 Å². The molecule has 17 heavy (non-hydrogen) atoms. The van der Waals surface area contributed by atoms with Gasteiger partial charge in [0, 0.05) is 13.1 Å². The molecule has 1 unspecified atom stereocenters. The van der Waals surface area contributed by atoms with Gasteiger partial charge < -0.3 is 4.90 Å². The number of benzene rings is 1. The molecule has 1 aliphatic heterocycles. The van der Waals surface area contributed by atoms with Gasteiger partial charge in [0.1, 0.15) is 5.82 Å². The van der Waals surface area contributed by atoms with Crippen LogP contribution in [0.3, 0.4) is 0 Å². The molecule has 2 nitrogen and oxygen atoms in total. The third-order valence-electron chi connectivity index (χ3n) is 2.83. The van der Waals surface area contributed by atoms with Gasteiger partial charge in [-0.1, -0.05) is 6.07 Å². The van der Waals surface area contributed by atoms with Crippen molar-refractivity contribution < 1.29 is 9.18 Å². The monoisotopic (exact) mass is 319 g/mol. The molecule has 1 heterocycles. The zero-order valence-electron chi connectivity index (χ0n) is 9.13. The average molecular weight is 321 g/mol. The Labute approximate surface area is 113 Å². The molecule has 5 heteroatoms. The number of amides is 1. The van der Waals surface area contributed by atoms with Crippen molar-refractivity contribution in [1.29, 1.82) is 0 Å².